The quantitative estimate of drug-likeness (QED) is 0.744. The summed E-state index contributed by atoms with van der Waals surface area (Å²) in [5, 5.41) is 6.67. The van der Waals surface area contributed by atoms with Gasteiger partial charge in [-0.15, -0.1) is 0 Å². The van der Waals surface area contributed by atoms with Crippen LogP contribution in [0.5, 0.6) is 0 Å². The maximum absolute atomic E-state index is 12.1. The SMILES string of the molecule is CCOC(=O)c1oc2ccccc2c1NC(=O)c1ccno1. The molecule has 0 aliphatic rings. The highest BCUT2D eigenvalue weighted by molar-refractivity contribution is 6.12. The van der Waals surface area contributed by atoms with Gasteiger partial charge in [0, 0.05) is 11.5 Å². The molecule has 1 amide bonds. The number of esters is 1. The lowest BCUT2D eigenvalue weighted by Crippen LogP contribution is -2.14. The average molecular weight is 300 g/mol. The Balaban J connectivity index is 2.04. The fourth-order valence-electron chi connectivity index (χ4n) is 2.02. The summed E-state index contributed by atoms with van der Waals surface area (Å²) >= 11 is 0. The Morgan fingerprint density at radius 2 is 2.09 bits per heavy atom. The number of carbonyl (C=O) groups is 2. The first-order valence-corrected chi connectivity index (χ1v) is 6.61. The fraction of sp³-hybridized carbons (Fsp3) is 0.133. The van der Waals surface area contributed by atoms with E-state index in [-0.39, 0.29) is 23.8 Å². The maximum atomic E-state index is 12.1. The summed E-state index contributed by atoms with van der Waals surface area (Å²) in [6.07, 6.45) is 1.36. The molecule has 0 atom stereocenters. The van der Waals surface area contributed by atoms with E-state index in [0.29, 0.717) is 11.0 Å². The van der Waals surface area contributed by atoms with Gasteiger partial charge >= 0.3 is 5.97 Å². The second-order valence-electron chi connectivity index (χ2n) is 4.35. The van der Waals surface area contributed by atoms with Crippen molar-refractivity contribution in [3.8, 4) is 0 Å². The molecule has 2 heterocycles. The number of aromatic nitrogens is 1. The molecule has 0 aliphatic heterocycles. The maximum Gasteiger partial charge on any atom is 0.376 e. The lowest BCUT2D eigenvalue weighted by Gasteiger charge is -2.04. The predicted octanol–water partition coefficient (Wildman–Crippen LogP) is 2.85. The van der Waals surface area contributed by atoms with E-state index in [0.717, 1.165) is 0 Å². The molecule has 0 saturated carbocycles. The van der Waals surface area contributed by atoms with E-state index in [2.05, 4.69) is 10.5 Å². The van der Waals surface area contributed by atoms with Crippen molar-refractivity contribution in [3.05, 3.63) is 48.0 Å². The lowest BCUT2D eigenvalue weighted by atomic mass is 10.2. The molecule has 0 aliphatic carbocycles. The molecule has 7 nitrogen and oxygen atoms in total. The molecule has 3 rings (SSSR count). The molecular formula is C15H12N2O5. The summed E-state index contributed by atoms with van der Waals surface area (Å²) < 4.78 is 15.2. The van der Waals surface area contributed by atoms with Crippen LogP contribution in [-0.2, 0) is 4.74 Å². The highest BCUT2D eigenvalue weighted by Gasteiger charge is 2.24. The molecule has 0 bridgehead atoms. The third-order valence-electron chi connectivity index (χ3n) is 2.96. The van der Waals surface area contributed by atoms with Crippen LogP contribution in [0.1, 0.15) is 28.0 Å². The fourth-order valence-corrected chi connectivity index (χ4v) is 2.02. The van der Waals surface area contributed by atoms with Crippen molar-refractivity contribution in [1.82, 2.24) is 5.16 Å². The van der Waals surface area contributed by atoms with Crippen molar-refractivity contribution < 1.29 is 23.3 Å². The highest BCUT2D eigenvalue weighted by atomic mass is 16.5. The number of furan rings is 1. The van der Waals surface area contributed by atoms with E-state index in [1.165, 1.54) is 12.3 Å². The number of nitrogens with zero attached hydrogens (tertiary/aromatic N) is 1. The molecule has 0 radical (unpaired) electrons. The largest absolute Gasteiger partial charge is 0.460 e. The number of ether oxygens (including phenoxy) is 1. The highest BCUT2D eigenvalue weighted by Crippen LogP contribution is 2.31. The Kier molecular flexibility index (Phi) is 3.61. The number of para-hydroxylation sites is 1. The van der Waals surface area contributed by atoms with Crippen molar-refractivity contribution in [2.75, 3.05) is 11.9 Å². The van der Waals surface area contributed by atoms with Gasteiger partial charge in [0.05, 0.1) is 12.8 Å². The first-order chi connectivity index (χ1) is 10.7. The second kappa shape index (κ2) is 5.72. The van der Waals surface area contributed by atoms with Gasteiger partial charge in [-0.1, -0.05) is 17.3 Å². The van der Waals surface area contributed by atoms with Gasteiger partial charge in [0.1, 0.15) is 11.3 Å². The van der Waals surface area contributed by atoms with Crippen LogP contribution in [0.15, 0.2) is 45.5 Å². The monoisotopic (exact) mass is 300 g/mol. The number of benzene rings is 1. The van der Waals surface area contributed by atoms with Crippen molar-refractivity contribution in [2.45, 2.75) is 6.92 Å². The number of hydrogen-bond donors (Lipinski definition) is 1. The van der Waals surface area contributed by atoms with Crippen LogP contribution < -0.4 is 5.32 Å². The predicted molar refractivity (Wildman–Crippen MR) is 76.6 cm³/mol. The molecule has 0 unspecified atom stereocenters. The molecule has 0 saturated heterocycles. The minimum atomic E-state index is -0.647. The minimum Gasteiger partial charge on any atom is -0.460 e. The molecule has 0 spiro atoms. The number of amides is 1. The summed E-state index contributed by atoms with van der Waals surface area (Å²) in [5.74, 6) is -1.21. The van der Waals surface area contributed by atoms with Crippen LogP contribution in [0.3, 0.4) is 0 Å². The molecule has 2 aromatic heterocycles. The number of anilines is 1. The van der Waals surface area contributed by atoms with Crippen LogP contribution in [0.4, 0.5) is 5.69 Å². The van der Waals surface area contributed by atoms with Gasteiger partial charge < -0.3 is 19.0 Å². The van der Waals surface area contributed by atoms with Gasteiger partial charge in [-0.3, -0.25) is 4.79 Å². The smallest absolute Gasteiger partial charge is 0.376 e. The standard InChI is InChI=1S/C15H12N2O5/c1-2-20-15(19)13-12(9-5-3-4-6-10(9)21-13)17-14(18)11-7-8-16-22-11/h3-8H,2H2,1H3,(H,17,18). The van der Waals surface area contributed by atoms with Gasteiger partial charge in [-0.25, -0.2) is 4.79 Å². The van der Waals surface area contributed by atoms with Crippen molar-refractivity contribution in [3.63, 3.8) is 0 Å². The first kappa shape index (κ1) is 13.9. The summed E-state index contributed by atoms with van der Waals surface area (Å²) in [6.45, 7) is 1.89. The van der Waals surface area contributed by atoms with Gasteiger partial charge in [0.15, 0.2) is 0 Å². The second-order valence-corrected chi connectivity index (χ2v) is 4.35. The average Bonchev–Trinajstić information content (AvgIpc) is 3.16. The molecule has 112 valence electrons. The van der Waals surface area contributed by atoms with Crippen molar-refractivity contribution in [2.24, 2.45) is 0 Å². The van der Waals surface area contributed by atoms with E-state index < -0.39 is 11.9 Å². The lowest BCUT2D eigenvalue weighted by molar-refractivity contribution is 0.0494. The Morgan fingerprint density at radius 1 is 1.27 bits per heavy atom. The molecule has 7 heteroatoms. The van der Waals surface area contributed by atoms with E-state index in [1.54, 1.807) is 31.2 Å². The third-order valence-corrected chi connectivity index (χ3v) is 2.96. The van der Waals surface area contributed by atoms with Gasteiger partial charge in [-0.2, -0.15) is 0 Å². The summed E-state index contributed by atoms with van der Waals surface area (Å²) in [4.78, 5) is 24.1. The Morgan fingerprint density at radius 3 is 2.82 bits per heavy atom. The first-order valence-electron chi connectivity index (χ1n) is 6.61. The van der Waals surface area contributed by atoms with Gasteiger partial charge in [0.25, 0.3) is 5.91 Å². The molecule has 22 heavy (non-hydrogen) atoms. The van der Waals surface area contributed by atoms with E-state index in [9.17, 15) is 9.59 Å². The minimum absolute atomic E-state index is 0.0279. The Labute approximate surface area is 124 Å². The van der Waals surface area contributed by atoms with E-state index >= 15 is 0 Å². The van der Waals surface area contributed by atoms with Gasteiger partial charge in [-0.05, 0) is 19.1 Å². The zero-order chi connectivity index (χ0) is 15.5. The summed E-state index contributed by atoms with van der Waals surface area (Å²) in [7, 11) is 0. The Bertz CT molecular complexity index is 820. The molecular weight excluding hydrogens is 288 g/mol. The van der Waals surface area contributed by atoms with Crippen LogP contribution in [0, 0.1) is 0 Å². The zero-order valence-electron chi connectivity index (χ0n) is 11.7. The van der Waals surface area contributed by atoms with Crippen molar-refractivity contribution in [1.29, 1.82) is 0 Å². The van der Waals surface area contributed by atoms with Crippen molar-refractivity contribution >= 4 is 28.5 Å². The normalized spacial score (nSPS) is 10.6. The summed E-state index contributed by atoms with van der Waals surface area (Å²) in [5.41, 5.74) is 0.717. The Hall–Kier alpha value is -3.09. The van der Waals surface area contributed by atoms with E-state index in [1.807, 2.05) is 0 Å². The van der Waals surface area contributed by atoms with Crippen LogP contribution >= 0.6 is 0 Å². The molecule has 3 aromatic rings. The van der Waals surface area contributed by atoms with Gasteiger partial charge in [0.2, 0.25) is 11.5 Å². The number of hydrogen-bond acceptors (Lipinski definition) is 6. The number of carbonyl (C=O) groups excluding carboxylic acids is 2. The number of nitrogens with one attached hydrogen (secondary N) is 1. The zero-order valence-corrected chi connectivity index (χ0v) is 11.7. The topological polar surface area (TPSA) is 94.6 Å². The van der Waals surface area contributed by atoms with Crippen LogP contribution in [0.25, 0.3) is 11.0 Å². The molecule has 0 fully saturated rings. The molecule has 1 N–H and O–H groups in total. The van der Waals surface area contributed by atoms with Crippen LogP contribution in [-0.4, -0.2) is 23.6 Å². The number of rotatable bonds is 4. The van der Waals surface area contributed by atoms with Crippen LogP contribution in [0.2, 0.25) is 0 Å². The van der Waals surface area contributed by atoms with E-state index in [4.69, 9.17) is 13.7 Å². The summed E-state index contributed by atoms with van der Waals surface area (Å²) in [6, 6.07) is 8.39. The third kappa shape index (κ3) is 2.44. The number of fused-ring (bicyclic) bond motifs is 1. The molecule has 1 aromatic carbocycles.